The highest BCUT2D eigenvalue weighted by Crippen LogP contribution is 2.27. The van der Waals surface area contributed by atoms with Gasteiger partial charge in [-0.1, -0.05) is 25.7 Å². The lowest BCUT2D eigenvalue weighted by molar-refractivity contribution is -0.138. The largest absolute Gasteiger partial charge is 0.417 e. The molecule has 1 aromatic rings. The summed E-state index contributed by atoms with van der Waals surface area (Å²) >= 11 is 0. The number of aromatic nitrogens is 1. The number of nitrogens with zero attached hydrogens (tertiary/aromatic N) is 1. The normalized spacial score (nSPS) is 17.7. The lowest BCUT2D eigenvalue weighted by Crippen LogP contribution is -2.33. The highest BCUT2D eigenvalue weighted by molar-refractivity contribution is 5.13. The molecule has 0 aliphatic heterocycles. The predicted octanol–water partition coefficient (Wildman–Crippen LogP) is 3.18. The van der Waals surface area contributed by atoms with Crippen LogP contribution in [0.1, 0.15) is 44.1 Å². The Morgan fingerprint density at radius 1 is 1.14 bits per heavy atom. The van der Waals surface area contributed by atoms with Crippen molar-refractivity contribution in [3.05, 3.63) is 34.2 Å². The number of halogens is 3. The van der Waals surface area contributed by atoms with Gasteiger partial charge < -0.3 is 9.88 Å². The van der Waals surface area contributed by atoms with Crippen molar-refractivity contribution in [3.63, 3.8) is 0 Å². The van der Waals surface area contributed by atoms with Gasteiger partial charge in [0.15, 0.2) is 0 Å². The topological polar surface area (TPSA) is 34.0 Å². The Labute approximate surface area is 122 Å². The summed E-state index contributed by atoms with van der Waals surface area (Å²) in [6.07, 6.45) is 3.61. The third-order valence-corrected chi connectivity index (χ3v) is 3.95. The molecule has 0 amide bonds. The third-order valence-electron chi connectivity index (χ3n) is 3.95. The molecule has 21 heavy (non-hydrogen) atoms. The van der Waals surface area contributed by atoms with E-state index in [-0.39, 0.29) is 6.54 Å². The van der Waals surface area contributed by atoms with Crippen molar-refractivity contribution >= 4 is 0 Å². The summed E-state index contributed by atoms with van der Waals surface area (Å²) in [4.78, 5) is 11.6. The number of nitrogens with one attached hydrogen (secondary N) is 1. The molecule has 3 nitrogen and oxygen atoms in total. The Bertz CT molecular complexity index is 502. The molecule has 0 saturated heterocycles. The lowest BCUT2D eigenvalue weighted by atomic mass is 10.1. The molecular formula is C15H21F3N2O. The molecule has 1 heterocycles. The maximum Gasteiger partial charge on any atom is 0.417 e. The van der Waals surface area contributed by atoms with Crippen LogP contribution in [-0.2, 0) is 12.7 Å². The van der Waals surface area contributed by atoms with Crippen molar-refractivity contribution in [2.24, 2.45) is 0 Å². The number of rotatable bonds is 4. The van der Waals surface area contributed by atoms with E-state index in [1.165, 1.54) is 25.7 Å². The highest BCUT2D eigenvalue weighted by atomic mass is 19.4. The molecule has 0 atom stereocenters. The van der Waals surface area contributed by atoms with Gasteiger partial charge in [-0.3, -0.25) is 4.79 Å². The average molecular weight is 302 g/mol. The molecule has 1 aliphatic rings. The smallest absolute Gasteiger partial charge is 0.314 e. The van der Waals surface area contributed by atoms with E-state index in [0.29, 0.717) is 12.6 Å². The molecule has 0 aromatic carbocycles. The first-order chi connectivity index (χ1) is 9.97. The van der Waals surface area contributed by atoms with Crippen LogP contribution < -0.4 is 10.9 Å². The molecule has 1 fully saturated rings. The molecule has 1 N–H and O–H groups in total. The van der Waals surface area contributed by atoms with Gasteiger partial charge in [0.1, 0.15) is 0 Å². The van der Waals surface area contributed by atoms with E-state index in [1.807, 2.05) is 0 Å². The molecule has 0 spiro atoms. The van der Waals surface area contributed by atoms with Crippen LogP contribution in [0.5, 0.6) is 0 Å². The molecule has 6 heteroatoms. The van der Waals surface area contributed by atoms with Crippen LogP contribution in [-0.4, -0.2) is 17.2 Å². The van der Waals surface area contributed by atoms with E-state index in [4.69, 9.17) is 0 Å². The summed E-state index contributed by atoms with van der Waals surface area (Å²) in [6.45, 7) is 0.783. The molecule has 0 radical (unpaired) electrons. The van der Waals surface area contributed by atoms with Gasteiger partial charge in [-0.2, -0.15) is 13.2 Å². The summed E-state index contributed by atoms with van der Waals surface area (Å²) in [5, 5.41) is 3.35. The van der Waals surface area contributed by atoms with E-state index in [1.54, 1.807) is 0 Å². The van der Waals surface area contributed by atoms with Crippen LogP contribution in [0.25, 0.3) is 0 Å². The zero-order valence-electron chi connectivity index (χ0n) is 12.0. The van der Waals surface area contributed by atoms with Gasteiger partial charge in [-0.25, -0.2) is 0 Å². The van der Waals surface area contributed by atoms with Crippen LogP contribution >= 0.6 is 0 Å². The second-order valence-electron chi connectivity index (χ2n) is 5.59. The molecule has 0 unspecified atom stereocenters. The quantitative estimate of drug-likeness (QED) is 0.867. The van der Waals surface area contributed by atoms with E-state index >= 15 is 0 Å². The van der Waals surface area contributed by atoms with Gasteiger partial charge in [0.05, 0.1) is 5.56 Å². The Kier molecular flexibility index (Phi) is 5.45. The zero-order chi connectivity index (χ0) is 15.3. The molecular weight excluding hydrogens is 281 g/mol. The predicted molar refractivity (Wildman–Crippen MR) is 75.2 cm³/mol. The lowest BCUT2D eigenvalue weighted by Gasteiger charge is -2.17. The maximum atomic E-state index is 12.6. The second kappa shape index (κ2) is 7.11. The monoisotopic (exact) mass is 302 g/mol. The van der Waals surface area contributed by atoms with E-state index in [9.17, 15) is 18.0 Å². The van der Waals surface area contributed by atoms with E-state index in [0.717, 1.165) is 35.7 Å². The summed E-state index contributed by atoms with van der Waals surface area (Å²) in [7, 11) is 0. The summed E-state index contributed by atoms with van der Waals surface area (Å²) in [5.41, 5.74) is -1.18. The van der Waals surface area contributed by atoms with Gasteiger partial charge >= 0.3 is 6.18 Å². The van der Waals surface area contributed by atoms with Crippen LogP contribution in [0.4, 0.5) is 13.2 Å². The molecule has 1 aliphatic carbocycles. The van der Waals surface area contributed by atoms with Crippen molar-refractivity contribution in [2.45, 2.75) is 57.3 Å². The van der Waals surface area contributed by atoms with Gasteiger partial charge in [0.25, 0.3) is 5.56 Å². The van der Waals surface area contributed by atoms with Crippen molar-refractivity contribution in [1.82, 2.24) is 9.88 Å². The van der Waals surface area contributed by atoms with Crippen LogP contribution in [0, 0.1) is 0 Å². The minimum Gasteiger partial charge on any atom is -0.314 e. The Balaban J connectivity index is 1.91. The van der Waals surface area contributed by atoms with Crippen molar-refractivity contribution in [1.29, 1.82) is 0 Å². The molecule has 0 bridgehead atoms. The fraction of sp³-hybridized carbons (Fsp3) is 0.667. The Morgan fingerprint density at radius 3 is 2.43 bits per heavy atom. The second-order valence-corrected chi connectivity index (χ2v) is 5.59. The van der Waals surface area contributed by atoms with Gasteiger partial charge in [-0.15, -0.1) is 0 Å². The third kappa shape index (κ3) is 4.88. The minimum atomic E-state index is -4.41. The van der Waals surface area contributed by atoms with Gasteiger partial charge in [0, 0.05) is 31.4 Å². The molecule has 1 aromatic heterocycles. The Morgan fingerprint density at radius 2 is 1.81 bits per heavy atom. The first-order valence-electron chi connectivity index (χ1n) is 7.48. The van der Waals surface area contributed by atoms with Gasteiger partial charge in [0.2, 0.25) is 0 Å². The fourth-order valence-electron chi connectivity index (χ4n) is 2.75. The van der Waals surface area contributed by atoms with E-state index in [2.05, 4.69) is 5.32 Å². The average Bonchev–Trinajstić information content (AvgIpc) is 2.68. The standard InChI is InChI=1S/C15H21F3N2O/c16-15(17,18)12-7-8-14(21)20(11-12)10-9-19-13-5-3-1-2-4-6-13/h7-8,11,13,19H,1-6,9-10H2. The molecule has 2 rings (SSSR count). The minimum absolute atomic E-state index is 0.263. The highest BCUT2D eigenvalue weighted by Gasteiger charge is 2.30. The molecule has 1 saturated carbocycles. The van der Waals surface area contributed by atoms with Crippen molar-refractivity contribution in [3.8, 4) is 0 Å². The zero-order valence-corrected chi connectivity index (χ0v) is 12.0. The van der Waals surface area contributed by atoms with Crippen LogP contribution in [0.3, 0.4) is 0 Å². The van der Waals surface area contributed by atoms with E-state index < -0.39 is 17.3 Å². The SMILES string of the molecule is O=c1ccc(C(F)(F)F)cn1CCNC1CCCCCC1. The number of hydrogen-bond acceptors (Lipinski definition) is 2. The maximum absolute atomic E-state index is 12.6. The van der Waals surface area contributed by atoms with Crippen LogP contribution in [0.15, 0.2) is 23.1 Å². The Hall–Kier alpha value is -1.30. The molecule has 118 valence electrons. The number of hydrogen-bond donors (Lipinski definition) is 1. The van der Waals surface area contributed by atoms with Crippen LogP contribution in [0.2, 0.25) is 0 Å². The van der Waals surface area contributed by atoms with Crippen molar-refractivity contribution < 1.29 is 13.2 Å². The summed E-state index contributed by atoms with van der Waals surface area (Å²) in [5.74, 6) is 0. The van der Waals surface area contributed by atoms with Gasteiger partial charge in [-0.05, 0) is 18.9 Å². The first kappa shape index (κ1) is 16.1. The first-order valence-corrected chi connectivity index (χ1v) is 7.48. The number of alkyl halides is 3. The summed E-state index contributed by atoms with van der Waals surface area (Å²) < 4.78 is 39.0. The summed E-state index contributed by atoms with van der Waals surface area (Å²) in [6, 6.07) is 2.24. The number of pyridine rings is 1. The fourth-order valence-corrected chi connectivity index (χ4v) is 2.75. The van der Waals surface area contributed by atoms with Crippen molar-refractivity contribution in [2.75, 3.05) is 6.54 Å².